The molecular formula is C11H18N. The van der Waals surface area contributed by atoms with Crippen molar-refractivity contribution in [1.82, 2.24) is 4.90 Å². The van der Waals surface area contributed by atoms with E-state index < -0.39 is 0 Å². The molecule has 0 aromatic heterocycles. The minimum Gasteiger partial charge on any atom is -0.294 e. The average molecular weight is 164 g/mol. The molecule has 0 amide bonds. The van der Waals surface area contributed by atoms with Crippen LogP contribution in [0.25, 0.3) is 0 Å². The Kier molecular flexibility index (Phi) is 1.68. The molecule has 2 saturated heterocycles. The fourth-order valence-electron chi connectivity index (χ4n) is 3.45. The van der Waals surface area contributed by atoms with Crippen LogP contribution in [0.3, 0.4) is 0 Å². The van der Waals surface area contributed by atoms with Gasteiger partial charge in [-0.2, -0.15) is 0 Å². The number of hydrogen-bond acceptors (Lipinski definition) is 1. The van der Waals surface area contributed by atoms with Crippen molar-refractivity contribution in [2.45, 2.75) is 63.1 Å². The lowest BCUT2D eigenvalue weighted by atomic mass is 9.78. The van der Waals surface area contributed by atoms with Crippen LogP contribution in [0.4, 0.5) is 0 Å². The highest BCUT2D eigenvalue weighted by atomic mass is 15.3. The summed E-state index contributed by atoms with van der Waals surface area (Å²) in [5.74, 6) is 0. The van der Waals surface area contributed by atoms with Gasteiger partial charge in [-0.15, -0.1) is 0 Å². The first-order chi connectivity index (χ1) is 5.95. The molecule has 1 saturated carbocycles. The first-order valence-electron chi connectivity index (χ1n) is 5.54. The van der Waals surface area contributed by atoms with Crippen LogP contribution in [0.5, 0.6) is 0 Å². The second kappa shape index (κ2) is 2.73. The summed E-state index contributed by atoms with van der Waals surface area (Å²) in [5, 5.41) is 0. The Morgan fingerprint density at radius 1 is 1.00 bits per heavy atom. The molecule has 1 nitrogen and oxygen atoms in total. The zero-order chi connectivity index (χ0) is 7.97. The van der Waals surface area contributed by atoms with Gasteiger partial charge in [0, 0.05) is 18.1 Å². The molecule has 0 N–H and O–H groups in total. The summed E-state index contributed by atoms with van der Waals surface area (Å²) in [6.07, 6.45) is 12.7. The second-order valence-corrected chi connectivity index (χ2v) is 4.68. The van der Waals surface area contributed by atoms with Gasteiger partial charge in [0.15, 0.2) is 0 Å². The molecule has 0 spiro atoms. The van der Waals surface area contributed by atoms with Crippen molar-refractivity contribution < 1.29 is 0 Å². The van der Waals surface area contributed by atoms with Gasteiger partial charge in [0.25, 0.3) is 0 Å². The predicted molar refractivity (Wildman–Crippen MR) is 49.8 cm³/mol. The summed E-state index contributed by atoms with van der Waals surface area (Å²) in [6, 6.07) is 2.95. The molecule has 3 fully saturated rings. The number of fused-ring (bicyclic) bond motifs is 2. The standard InChI is InChI=1S/C11H18N/c1-2-5-9(4-1)12-10-6-3-7-11(12)8-10/h1,9-11H,2-8H2. The van der Waals surface area contributed by atoms with E-state index in [9.17, 15) is 0 Å². The van der Waals surface area contributed by atoms with E-state index in [1.807, 2.05) is 0 Å². The van der Waals surface area contributed by atoms with Crippen LogP contribution in [0.15, 0.2) is 0 Å². The fourth-order valence-corrected chi connectivity index (χ4v) is 3.45. The lowest BCUT2D eigenvalue weighted by molar-refractivity contribution is -0.0587. The van der Waals surface area contributed by atoms with Gasteiger partial charge < -0.3 is 0 Å². The maximum absolute atomic E-state index is 2.84. The Morgan fingerprint density at radius 2 is 1.83 bits per heavy atom. The van der Waals surface area contributed by atoms with Crippen molar-refractivity contribution in [3.63, 3.8) is 0 Å². The van der Waals surface area contributed by atoms with Crippen LogP contribution in [0, 0.1) is 6.42 Å². The van der Waals surface area contributed by atoms with Gasteiger partial charge in [0.2, 0.25) is 0 Å². The van der Waals surface area contributed by atoms with Crippen LogP contribution in [0.1, 0.15) is 44.9 Å². The number of rotatable bonds is 1. The quantitative estimate of drug-likeness (QED) is 0.575. The Bertz CT molecular complexity index is 158. The molecule has 0 aromatic rings. The highest BCUT2D eigenvalue weighted by Crippen LogP contribution is 2.42. The molecule has 1 aliphatic carbocycles. The fraction of sp³-hybridized carbons (Fsp3) is 0.909. The number of hydrogen-bond donors (Lipinski definition) is 0. The topological polar surface area (TPSA) is 3.24 Å². The Morgan fingerprint density at radius 3 is 2.42 bits per heavy atom. The van der Waals surface area contributed by atoms with E-state index >= 15 is 0 Å². The van der Waals surface area contributed by atoms with E-state index in [1.165, 1.54) is 44.9 Å². The largest absolute Gasteiger partial charge is 0.294 e. The predicted octanol–water partition coefficient (Wildman–Crippen LogP) is 2.37. The maximum Gasteiger partial charge on any atom is 0.0116 e. The molecule has 2 aliphatic heterocycles. The van der Waals surface area contributed by atoms with Crippen molar-refractivity contribution in [2.24, 2.45) is 0 Å². The summed E-state index contributed by atoms with van der Waals surface area (Å²) in [7, 11) is 0. The van der Waals surface area contributed by atoms with Gasteiger partial charge in [0.1, 0.15) is 0 Å². The molecule has 3 atom stereocenters. The van der Waals surface area contributed by atoms with E-state index in [0.717, 1.165) is 18.1 Å². The summed E-state index contributed by atoms with van der Waals surface area (Å²) in [6.45, 7) is 0. The van der Waals surface area contributed by atoms with Crippen LogP contribution in [-0.2, 0) is 0 Å². The monoisotopic (exact) mass is 164 g/mol. The Hall–Kier alpha value is -0.0400. The van der Waals surface area contributed by atoms with Gasteiger partial charge in [-0.1, -0.05) is 6.42 Å². The van der Waals surface area contributed by atoms with Crippen LogP contribution in [-0.4, -0.2) is 23.0 Å². The molecule has 1 heteroatoms. The van der Waals surface area contributed by atoms with E-state index in [0.29, 0.717) is 0 Å². The first kappa shape index (κ1) is 7.37. The Labute approximate surface area is 75.1 Å². The molecule has 67 valence electrons. The smallest absolute Gasteiger partial charge is 0.0116 e. The molecular weight excluding hydrogens is 146 g/mol. The normalized spacial score (nSPS) is 43.0. The number of piperidine rings is 1. The van der Waals surface area contributed by atoms with Crippen LogP contribution in [0.2, 0.25) is 0 Å². The van der Waals surface area contributed by atoms with E-state index in [4.69, 9.17) is 0 Å². The summed E-state index contributed by atoms with van der Waals surface area (Å²) in [5.41, 5.74) is 0. The third kappa shape index (κ3) is 0.953. The van der Waals surface area contributed by atoms with E-state index in [-0.39, 0.29) is 0 Å². The zero-order valence-electron chi connectivity index (χ0n) is 7.71. The molecule has 1 radical (unpaired) electrons. The minimum atomic E-state index is 0.953. The van der Waals surface area contributed by atoms with Gasteiger partial charge >= 0.3 is 0 Å². The van der Waals surface area contributed by atoms with Gasteiger partial charge in [-0.3, -0.25) is 4.90 Å². The second-order valence-electron chi connectivity index (χ2n) is 4.68. The van der Waals surface area contributed by atoms with Crippen molar-refractivity contribution in [1.29, 1.82) is 0 Å². The van der Waals surface area contributed by atoms with Crippen molar-refractivity contribution in [2.75, 3.05) is 0 Å². The summed E-state index contributed by atoms with van der Waals surface area (Å²) < 4.78 is 0. The zero-order valence-corrected chi connectivity index (χ0v) is 7.71. The van der Waals surface area contributed by atoms with Crippen LogP contribution >= 0.6 is 0 Å². The SMILES string of the molecule is [CH]1CCC(N2C3CCCC2C3)C1. The highest BCUT2D eigenvalue weighted by Gasteiger charge is 2.44. The average Bonchev–Trinajstić information content (AvgIpc) is 2.58. The van der Waals surface area contributed by atoms with Crippen molar-refractivity contribution >= 4 is 0 Å². The van der Waals surface area contributed by atoms with Gasteiger partial charge in [-0.25, -0.2) is 0 Å². The summed E-state index contributed by atoms with van der Waals surface area (Å²) in [4.78, 5) is 2.84. The van der Waals surface area contributed by atoms with E-state index in [2.05, 4.69) is 11.3 Å². The molecule has 2 heterocycles. The third-order valence-electron chi connectivity index (χ3n) is 4.03. The maximum atomic E-state index is 2.84. The molecule has 12 heavy (non-hydrogen) atoms. The highest BCUT2D eigenvalue weighted by molar-refractivity contribution is 5.02. The molecule has 0 aromatic carbocycles. The van der Waals surface area contributed by atoms with Gasteiger partial charge in [-0.05, 0) is 44.9 Å². The third-order valence-corrected chi connectivity index (χ3v) is 4.03. The lowest BCUT2D eigenvalue weighted by Gasteiger charge is -2.56. The molecule has 3 rings (SSSR count). The van der Waals surface area contributed by atoms with E-state index in [1.54, 1.807) is 0 Å². The minimum absolute atomic E-state index is 0.953. The molecule has 3 aliphatic rings. The van der Waals surface area contributed by atoms with Gasteiger partial charge in [0.05, 0.1) is 0 Å². The summed E-state index contributed by atoms with van der Waals surface area (Å²) >= 11 is 0. The molecule has 2 bridgehead atoms. The Balaban J connectivity index is 1.68. The number of nitrogens with zero attached hydrogens (tertiary/aromatic N) is 1. The molecule has 3 unspecified atom stereocenters. The lowest BCUT2D eigenvalue weighted by Crippen LogP contribution is -2.61. The van der Waals surface area contributed by atoms with Crippen molar-refractivity contribution in [3.05, 3.63) is 6.42 Å². The van der Waals surface area contributed by atoms with Crippen molar-refractivity contribution in [3.8, 4) is 0 Å². The first-order valence-corrected chi connectivity index (χ1v) is 5.54. The van der Waals surface area contributed by atoms with Crippen LogP contribution < -0.4 is 0 Å².